The lowest BCUT2D eigenvalue weighted by Crippen LogP contribution is -2.09. The van der Waals surface area contributed by atoms with Crippen molar-refractivity contribution in [3.05, 3.63) is 132 Å². The molecule has 48 heavy (non-hydrogen) atoms. The van der Waals surface area contributed by atoms with Crippen molar-refractivity contribution in [1.82, 2.24) is 0 Å². The van der Waals surface area contributed by atoms with Crippen molar-refractivity contribution in [3.8, 4) is 44.9 Å². The van der Waals surface area contributed by atoms with Crippen LogP contribution in [0.15, 0.2) is 97.1 Å². The first-order chi connectivity index (χ1) is 23.1. The summed E-state index contributed by atoms with van der Waals surface area (Å²) < 4.78 is 92.6. The summed E-state index contributed by atoms with van der Waals surface area (Å²) in [5.41, 5.74) is 2.89. The lowest BCUT2D eigenvalue weighted by molar-refractivity contribution is -0.134. The van der Waals surface area contributed by atoms with Crippen LogP contribution in [-0.4, -0.2) is 11.9 Å². The van der Waals surface area contributed by atoms with Crippen LogP contribution >= 0.6 is 0 Å². The van der Waals surface area contributed by atoms with E-state index in [0.29, 0.717) is 47.1 Å². The van der Waals surface area contributed by atoms with Crippen LogP contribution in [0.5, 0.6) is 11.5 Å². The quantitative estimate of drug-likeness (QED) is 0.0578. The van der Waals surface area contributed by atoms with E-state index in [1.54, 1.807) is 36.4 Å². The maximum absolute atomic E-state index is 14.5. The normalized spacial score (nSPS) is 11.0. The average Bonchev–Trinajstić information content (AvgIpc) is 3.07. The highest BCUT2D eigenvalue weighted by Gasteiger charge is 2.14. The van der Waals surface area contributed by atoms with Crippen molar-refractivity contribution in [2.75, 3.05) is 0 Å². The van der Waals surface area contributed by atoms with Gasteiger partial charge in [-0.25, -0.2) is 26.3 Å². The molecule has 0 aliphatic heterocycles. The minimum Gasteiger partial charge on any atom is -0.427 e. The van der Waals surface area contributed by atoms with Crippen LogP contribution in [0.2, 0.25) is 0 Å². The Morgan fingerprint density at radius 2 is 0.958 bits per heavy atom. The van der Waals surface area contributed by atoms with Crippen LogP contribution in [0.3, 0.4) is 0 Å². The largest absolute Gasteiger partial charge is 0.427 e. The van der Waals surface area contributed by atoms with E-state index in [1.807, 2.05) is 0 Å². The van der Waals surface area contributed by atoms with Gasteiger partial charge >= 0.3 is 11.9 Å². The fraction of sp³-hybridized carbons (Fsp3) is 0.158. The highest BCUT2D eigenvalue weighted by molar-refractivity contribution is 5.76. The molecular formula is C38H28F6O4. The van der Waals surface area contributed by atoms with Gasteiger partial charge in [0.05, 0.1) is 0 Å². The Morgan fingerprint density at radius 3 is 1.52 bits per heavy atom. The maximum Gasteiger partial charge on any atom is 0.311 e. The monoisotopic (exact) mass is 662 g/mol. The van der Waals surface area contributed by atoms with Gasteiger partial charge in [-0.3, -0.25) is 9.59 Å². The minimum absolute atomic E-state index is 0.0185. The van der Waals surface area contributed by atoms with Crippen molar-refractivity contribution in [2.45, 2.75) is 38.8 Å². The summed E-state index contributed by atoms with van der Waals surface area (Å²) >= 11 is 0. The Hall–Kier alpha value is -5.38. The van der Waals surface area contributed by atoms with E-state index in [9.17, 15) is 35.9 Å². The summed E-state index contributed by atoms with van der Waals surface area (Å²) in [6.45, 7) is -0.813. The molecule has 5 rings (SSSR count). The number of carbonyl (C=O) groups excluding carboxylic acids is 2. The first kappa shape index (κ1) is 34.0. The second-order valence-corrected chi connectivity index (χ2v) is 10.9. The van der Waals surface area contributed by atoms with Gasteiger partial charge in [0.25, 0.3) is 0 Å². The summed E-state index contributed by atoms with van der Waals surface area (Å²) in [5, 5.41) is 0. The van der Waals surface area contributed by atoms with E-state index in [-0.39, 0.29) is 35.5 Å². The third kappa shape index (κ3) is 8.50. The molecule has 0 aliphatic rings. The first-order valence-electron chi connectivity index (χ1n) is 15.0. The summed E-state index contributed by atoms with van der Waals surface area (Å²) in [6, 6.07) is 21.8. The van der Waals surface area contributed by atoms with E-state index in [2.05, 4.69) is 0 Å². The lowest BCUT2D eigenvalue weighted by Gasteiger charge is -2.11. The van der Waals surface area contributed by atoms with Crippen LogP contribution in [0.1, 0.15) is 37.7 Å². The van der Waals surface area contributed by atoms with Gasteiger partial charge < -0.3 is 9.47 Å². The molecule has 0 radical (unpaired) electrons. The molecule has 5 aromatic carbocycles. The molecule has 4 nitrogen and oxygen atoms in total. The molecule has 0 unspecified atom stereocenters. The predicted octanol–water partition coefficient (Wildman–Crippen LogP) is 10.3. The van der Waals surface area contributed by atoms with Crippen LogP contribution in [-0.2, 0) is 16.3 Å². The fourth-order valence-corrected chi connectivity index (χ4v) is 5.08. The Balaban J connectivity index is 1.06. The maximum atomic E-state index is 14.5. The summed E-state index contributed by atoms with van der Waals surface area (Å²) in [7, 11) is 0. The van der Waals surface area contributed by atoms with E-state index in [0.717, 1.165) is 30.3 Å². The molecule has 0 N–H and O–H groups in total. The Labute approximate surface area is 272 Å². The van der Waals surface area contributed by atoms with Crippen LogP contribution in [0.25, 0.3) is 33.4 Å². The van der Waals surface area contributed by atoms with Gasteiger partial charge in [-0.05, 0) is 94.8 Å². The van der Waals surface area contributed by atoms with E-state index in [4.69, 9.17) is 9.47 Å². The highest BCUT2D eigenvalue weighted by atomic mass is 19.2. The number of hydrogen-bond donors (Lipinski definition) is 0. The van der Waals surface area contributed by atoms with E-state index >= 15 is 0 Å². The van der Waals surface area contributed by atoms with Gasteiger partial charge in [-0.15, -0.1) is 0 Å². The van der Waals surface area contributed by atoms with E-state index in [1.165, 1.54) is 30.3 Å². The van der Waals surface area contributed by atoms with Crippen LogP contribution in [0.4, 0.5) is 26.3 Å². The number of rotatable bonds is 12. The van der Waals surface area contributed by atoms with Crippen LogP contribution < -0.4 is 9.47 Å². The lowest BCUT2D eigenvalue weighted by atomic mass is 9.97. The molecule has 0 atom stereocenters. The molecule has 0 spiro atoms. The number of halogens is 6. The van der Waals surface area contributed by atoms with Gasteiger partial charge in [0.15, 0.2) is 23.3 Å². The van der Waals surface area contributed by atoms with Gasteiger partial charge in [-0.1, -0.05) is 48.9 Å². The standard InChI is InChI=1S/C38H28F6O4/c39-22-27-18-28(12-14-30(27)24-8-6-23(7-9-24)25-10-16-32(40)35(43)19-25)47-37(45)4-2-1-3-5-38(46)48-29-13-15-31(34(42)21-29)26-11-17-33(41)36(44)20-26/h6-21H,1-5,22H2. The Kier molecular flexibility index (Phi) is 10.9. The number of hydrogen-bond acceptors (Lipinski definition) is 4. The zero-order chi connectivity index (χ0) is 34.2. The number of unbranched alkanes of at least 4 members (excludes halogenated alkanes) is 2. The molecule has 246 valence electrons. The summed E-state index contributed by atoms with van der Waals surface area (Å²) in [6.07, 6.45) is 1.40. The fourth-order valence-electron chi connectivity index (χ4n) is 5.08. The van der Waals surface area contributed by atoms with Gasteiger partial charge in [0.2, 0.25) is 0 Å². The Morgan fingerprint density at radius 1 is 0.458 bits per heavy atom. The summed E-state index contributed by atoms with van der Waals surface area (Å²) in [4.78, 5) is 24.6. The van der Waals surface area contributed by atoms with Gasteiger partial charge in [0.1, 0.15) is 24.0 Å². The first-order valence-corrected chi connectivity index (χ1v) is 15.0. The molecule has 10 heteroatoms. The zero-order valence-corrected chi connectivity index (χ0v) is 25.4. The van der Waals surface area contributed by atoms with Crippen molar-refractivity contribution in [2.24, 2.45) is 0 Å². The van der Waals surface area contributed by atoms with Gasteiger partial charge in [-0.2, -0.15) is 0 Å². The molecule has 0 fully saturated rings. The third-order valence-corrected chi connectivity index (χ3v) is 7.57. The predicted molar refractivity (Wildman–Crippen MR) is 168 cm³/mol. The molecule has 0 saturated heterocycles. The van der Waals surface area contributed by atoms with E-state index < -0.39 is 47.7 Å². The molecule has 0 amide bonds. The second-order valence-electron chi connectivity index (χ2n) is 10.9. The Bertz CT molecular complexity index is 1940. The third-order valence-electron chi connectivity index (χ3n) is 7.57. The molecule has 5 aromatic rings. The average molecular weight is 663 g/mol. The number of ether oxygens (including phenoxy) is 2. The number of carbonyl (C=O) groups is 2. The number of alkyl halides is 1. The van der Waals surface area contributed by atoms with Crippen molar-refractivity contribution < 1.29 is 45.4 Å². The molecule has 0 bridgehead atoms. The number of esters is 2. The smallest absolute Gasteiger partial charge is 0.311 e. The second kappa shape index (κ2) is 15.5. The summed E-state index contributed by atoms with van der Waals surface area (Å²) in [5.74, 6) is -5.80. The molecule has 0 aromatic heterocycles. The molecule has 0 saturated carbocycles. The molecule has 0 aliphatic carbocycles. The highest BCUT2D eigenvalue weighted by Crippen LogP contribution is 2.31. The van der Waals surface area contributed by atoms with Crippen molar-refractivity contribution in [3.63, 3.8) is 0 Å². The molecule has 0 heterocycles. The topological polar surface area (TPSA) is 52.6 Å². The minimum atomic E-state index is -1.11. The van der Waals surface area contributed by atoms with Crippen LogP contribution in [0, 0.1) is 29.1 Å². The van der Waals surface area contributed by atoms with Crippen molar-refractivity contribution in [1.29, 1.82) is 0 Å². The molecular weight excluding hydrogens is 634 g/mol. The van der Waals surface area contributed by atoms with Gasteiger partial charge in [0, 0.05) is 24.5 Å². The number of benzene rings is 5. The SMILES string of the molecule is O=C(CCCCCC(=O)Oc1ccc(-c2ccc(-c3ccc(F)c(F)c3)cc2)c(CF)c1)Oc1ccc(-c2ccc(F)c(F)c2)c(F)c1. The zero-order valence-electron chi connectivity index (χ0n) is 25.4. The van der Waals surface area contributed by atoms with Crippen molar-refractivity contribution >= 4 is 11.9 Å².